The van der Waals surface area contributed by atoms with Crippen LogP contribution in [0.25, 0.3) is 0 Å². The topological polar surface area (TPSA) is 12.4 Å². The number of halogens is 5. The minimum atomic E-state index is -4.65. The van der Waals surface area contributed by atoms with Gasteiger partial charge in [0, 0.05) is 0 Å². The van der Waals surface area contributed by atoms with Gasteiger partial charge in [-0.05, 0) is 18.6 Å². The first-order valence-corrected chi connectivity index (χ1v) is 4.64. The number of rotatable bonds is 1. The zero-order valence-corrected chi connectivity index (χ0v) is 9.08. The van der Waals surface area contributed by atoms with Crippen LogP contribution in [0.2, 0.25) is 5.02 Å². The molecule has 1 aromatic rings. The average molecular weight is 256 g/mol. The standard InChI is InChI=1S/C9H6Cl2F3N/c1-5-3-2-4-6(10)7(5)15-8(11)9(12,13)14/h2-4H,1H3. The molecule has 1 nitrogen and oxygen atoms in total. The third kappa shape index (κ3) is 3.11. The van der Waals surface area contributed by atoms with Crippen LogP contribution in [0.5, 0.6) is 0 Å². The van der Waals surface area contributed by atoms with Crippen molar-refractivity contribution in [2.75, 3.05) is 0 Å². The smallest absolute Gasteiger partial charge is 0.230 e. The minimum Gasteiger partial charge on any atom is -0.230 e. The van der Waals surface area contributed by atoms with Gasteiger partial charge in [0.1, 0.15) is 0 Å². The second-order valence-electron chi connectivity index (χ2n) is 2.81. The van der Waals surface area contributed by atoms with Crippen LogP contribution in [-0.4, -0.2) is 11.3 Å². The number of para-hydroxylation sites is 1. The molecule has 0 spiro atoms. The predicted molar refractivity (Wildman–Crippen MR) is 55.2 cm³/mol. The SMILES string of the molecule is Cc1cccc(Cl)c1N=C(Cl)C(F)(F)F. The van der Waals surface area contributed by atoms with E-state index in [0.29, 0.717) is 5.56 Å². The number of nitrogens with zero attached hydrogens (tertiary/aromatic N) is 1. The number of hydrogen-bond acceptors (Lipinski definition) is 1. The lowest BCUT2D eigenvalue weighted by Gasteiger charge is -2.06. The van der Waals surface area contributed by atoms with Crippen LogP contribution in [0.15, 0.2) is 23.2 Å². The zero-order chi connectivity index (χ0) is 11.6. The Bertz CT molecular complexity index is 379. The van der Waals surface area contributed by atoms with Crippen LogP contribution in [0.4, 0.5) is 18.9 Å². The second-order valence-corrected chi connectivity index (χ2v) is 3.57. The molecule has 0 aliphatic rings. The molecule has 0 fully saturated rings. The van der Waals surface area contributed by atoms with Gasteiger partial charge in [-0.25, -0.2) is 4.99 Å². The molecule has 0 amide bonds. The predicted octanol–water partition coefficient (Wildman–Crippen LogP) is 4.48. The molecule has 0 atom stereocenters. The molecule has 0 aliphatic carbocycles. The van der Waals surface area contributed by atoms with Crippen LogP contribution in [0.3, 0.4) is 0 Å². The van der Waals surface area contributed by atoms with E-state index in [1.165, 1.54) is 6.07 Å². The maximum atomic E-state index is 12.1. The molecule has 15 heavy (non-hydrogen) atoms. The van der Waals surface area contributed by atoms with E-state index in [1.54, 1.807) is 19.1 Å². The van der Waals surface area contributed by atoms with Crippen molar-refractivity contribution in [1.29, 1.82) is 0 Å². The van der Waals surface area contributed by atoms with Crippen LogP contribution in [0, 0.1) is 6.92 Å². The number of aliphatic imine (C=N–C) groups is 1. The van der Waals surface area contributed by atoms with E-state index in [9.17, 15) is 13.2 Å². The fraction of sp³-hybridized carbons (Fsp3) is 0.222. The lowest BCUT2D eigenvalue weighted by atomic mass is 10.2. The summed E-state index contributed by atoms with van der Waals surface area (Å²) in [6, 6.07) is 4.68. The van der Waals surface area contributed by atoms with E-state index in [-0.39, 0.29) is 10.7 Å². The molecule has 1 rings (SSSR count). The zero-order valence-electron chi connectivity index (χ0n) is 7.57. The lowest BCUT2D eigenvalue weighted by molar-refractivity contribution is -0.0558. The largest absolute Gasteiger partial charge is 0.444 e. The van der Waals surface area contributed by atoms with Crippen LogP contribution < -0.4 is 0 Å². The third-order valence-corrected chi connectivity index (χ3v) is 2.24. The molecule has 0 saturated heterocycles. The van der Waals surface area contributed by atoms with Gasteiger partial charge in [-0.3, -0.25) is 0 Å². The Morgan fingerprint density at radius 2 is 1.93 bits per heavy atom. The monoisotopic (exact) mass is 255 g/mol. The highest BCUT2D eigenvalue weighted by Crippen LogP contribution is 2.31. The van der Waals surface area contributed by atoms with Gasteiger partial charge in [-0.2, -0.15) is 13.2 Å². The van der Waals surface area contributed by atoms with Crippen molar-refractivity contribution in [1.82, 2.24) is 0 Å². The maximum absolute atomic E-state index is 12.1. The Morgan fingerprint density at radius 1 is 1.33 bits per heavy atom. The Hall–Kier alpha value is -0.740. The summed E-state index contributed by atoms with van der Waals surface area (Å²) in [6.45, 7) is 1.60. The molecule has 0 bridgehead atoms. The van der Waals surface area contributed by atoms with Gasteiger partial charge in [0.15, 0.2) is 0 Å². The summed E-state index contributed by atoms with van der Waals surface area (Å²) in [7, 11) is 0. The van der Waals surface area contributed by atoms with Crippen molar-refractivity contribution in [3.8, 4) is 0 Å². The van der Waals surface area contributed by atoms with Crippen molar-refractivity contribution < 1.29 is 13.2 Å². The van der Waals surface area contributed by atoms with E-state index in [0.717, 1.165) is 0 Å². The summed E-state index contributed by atoms with van der Waals surface area (Å²) in [5, 5.41) is -1.30. The normalized spacial score (nSPS) is 13.1. The first-order chi connectivity index (χ1) is 6.82. The van der Waals surface area contributed by atoms with Crippen LogP contribution >= 0.6 is 23.2 Å². The number of hydrogen-bond donors (Lipinski definition) is 0. The molecule has 0 radical (unpaired) electrons. The highest BCUT2D eigenvalue weighted by Gasteiger charge is 2.34. The molecular weight excluding hydrogens is 250 g/mol. The van der Waals surface area contributed by atoms with E-state index in [4.69, 9.17) is 23.2 Å². The Labute approximate surface area is 94.5 Å². The molecule has 0 aromatic heterocycles. The van der Waals surface area contributed by atoms with Crippen molar-refractivity contribution in [2.45, 2.75) is 13.1 Å². The van der Waals surface area contributed by atoms with E-state index < -0.39 is 11.3 Å². The summed E-state index contributed by atoms with van der Waals surface area (Å²) < 4.78 is 36.3. The quantitative estimate of drug-likeness (QED) is 0.657. The highest BCUT2D eigenvalue weighted by atomic mass is 35.5. The number of aryl methyl sites for hydroxylation is 1. The Morgan fingerprint density at radius 3 is 2.40 bits per heavy atom. The molecule has 0 saturated carbocycles. The Kier molecular flexibility index (Phi) is 3.62. The van der Waals surface area contributed by atoms with Gasteiger partial charge in [0.25, 0.3) is 0 Å². The first kappa shape index (κ1) is 12.3. The molecule has 6 heteroatoms. The van der Waals surface area contributed by atoms with Gasteiger partial charge in [-0.1, -0.05) is 35.3 Å². The average Bonchev–Trinajstić information content (AvgIpc) is 2.09. The molecule has 0 N–H and O–H groups in total. The fourth-order valence-corrected chi connectivity index (χ4v) is 1.27. The number of benzene rings is 1. The summed E-state index contributed by atoms with van der Waals surface area (Å²) >= 11 is 10.7. The summed E-state index contributed by atoms with van der Waals surface area (Å²) in [4.78, 5) is 3.25. The molecule has 0 unspecified atom stereocenters. The van der Waals surface area contributed by atoms with E-state index >= 15 is 0 Å². The first-order valence-electron chi connectivity index (χ1n) is 3.89. The summed E-state index contributed by atoms with van der Waals surface area (Å²) in [6.07, 6.45) is -4.65. The number of alkyl halides is 3. The van der Waals surface area contributed by atoms with Crippen LogP contribution in [-0.2, 0) is 0 Å². The van der Waals surface area contributed by atoms with Crippen molar-refractivity contribution in [2.24, 2.45) is 4.99 Å². The van der Waals surface area contributed by atoms with Crippen molar-refractivity contribution >= 4 is 34.1 Å². The minimum absolute atomic E-state index is 0.0430. The molecule has 0 aliphatic heterocycles. The van der Waals surface area contributed by atoms with Gasteiger partial charge >= 0.3 is 6.18 Å². The second kappa shape index (κ2) is 4.41. The van der Waals surface area contributed by atoms with Crippen molar-refractivity contribution in [3.05, 3.63) is 28.8 Å². The molecule has 1 aromatic carbocycles. The van der Waals surface area contributed by atoms with Gasteiger partial charge in [0.05, 0.1) is 10.7 Å². The third-order valence-electron chi connectivity index (χ3n) is 1.63. The van der Waals surface area contributed by atoms with Crippen LogP contribution in [0.1, 0.15) is 5.56 Å². The van der Waals surface area contributed by atoms with Gasteiger partial charge in [0.2, 0.25) is 5.17 Å². The molecule has 82 valence electrons. The lowest BCUT2D eigenvalue weighted by Crippen LogP contribution is -2.16. The summed E-state index contributed by atoms with van der Waals surface area (Å²) in [5.74, 6) is 0. The van der Waals surface area contributed by atoms with Gasteiger partial charge < -0.3 is 0 Å². The maximum Gasteiger partial charge on any atom is 0.444 e. The highest BCUT2D eigenvalue weighted by molar-refractivity contribution is 6.67. The van der Waals surface area contributed by atoms with Gasteiger partial charge in [-0.15, -0.1) is 0 Å². The summed E-state index contributed by atoms with van der Waals surface area (Å²) in [5.41, 5.74) is 0.575. The fourth-order valence-electron chi connectivity index (χ4n) is 0.926. The van der Waals surface area contributed by atoms with Crippen molar-refractivity contribution in [3.63, 3.8) is 0 Å². The van der Waals surface area contributed by atoms with E-state index in [1.807, 2.05) is 0 Å². The molecular formula is C9H6Cl2F3N. The Balaban J connectivity index is 3.19. The van der Waals surface area contributed by atoms with E-state index in [2.05, 4.69) is 4.99 Å². The molecule has 0 heterocycles.